The number of esters is 1. The first-order valence-electron chi connectivity index (χ1n) is 6.33. The van der Waals surface area contributed by atoms with Crippen molar-refractivity contribution >= 4 is 17.8 Å². The highest BCUT2D eigenvalue weighted by Gasteiger charge is 2.36. The number of aromatic nitrogens is 2. The van der Waals surface area contributed by atoms with Crippen LogP contribution in [0.1, 0.15) is 32.6 Å². The molecule has 0 unspecified atom stereocenters. The lowest BCUT2D eigenvalue weighted by Crippen LogP contribution is -2.24. The summed E-state index contributed by atoms with van der Waals surface area (Å²) in [6.07, 6.45) is -0.984. The Morgan fingerprint density at radius 2 is 2.09 bits per heavy atom. The van der Waals surface area contributed by atoms with Gasteiger partial charge in [0.2, 0.25) is 12.0 Å². The Balaban J connectivity index is 1.99. The van der Waals surface area contributed by atoms with E-state index in [1.165, 1.54) is 14.2 Å². The lowest BCUT2D eigenvalue weighted by atomic mass is 10.1. The van der Waals surface area contributed by atoms with Gasteiger partial charge in [-0.3, -0.25) is 0 Å². The number of methoxy groups -OCH3 is 2. The molecule has 0 bridgehead atoms. The smallest absolute Gasteiger partial charge is 0.344 e. The number of nitrogens with zero attached hydrogens (tertiary/aromatic N) is 2. The standard InChI is InChI=1S/C13H11N3O7/c1-20-6-4-3-5-7(9(6)21-2)13(19)22-11(5)14-10-8(12(17)18)15-23-16-10/h3-4,11H,1-2H3,(H,14,16)(H,17,18)/p-1/t11-/m0/s1. The summed E-state index contributed by atoms with van der Waals surface area (Å²) in [7, 11) is 2.83. The van der Waals surface area contributed by atoms with Crippen molar-refractivity contribution in [1.82, 2.24) is 10.3 Å². The molecule has 1 N–H and O–H groups in total. The normalized spacial score (nSPS) is 15.7. The number of fused-ring (bicyclic) bond motifs is 1. The molecular formula is C13H10N3O7-. The Labute approximate surface area is 128 Å². The SMILES string of the molecule is COc1ccc2c(c1OC)C(=O)O[C@@H]2Nc1nonc1C(=O)[O-]. The fourth-order valence-electron chi connectivity index (χ4n) is 2.25. The number of carboxylic acids is 1. The molecule has 0 radical (unpaired) electrons. The zero-order chi connectivity index (χ0) is 16.6. The summed E-state index contributed by atoms with van der Waals surface area (Å²) in [6, 6.07) is 3.18. The number of hydrogen-bond donors (Lipinski definition) is 1. The van der Waals surface area contributed by atoms with E-state index in [1.807, 2.05) is 0 Å². The average Bonchev–Trinajstić information content (AvgIpc) is 3.12. The van der Waals surface area contributed by atoms with Crippen LogP contribution in [-0.2, 0) is 4.74 Å². The van der Waals surface area contributed by atoms with Crippen LogP contribution in [0.15, 0.2) is 16.8 Å². The molecule has 1 aliphatic heterocycles. The predicted octanol–water partition coefficient (Wildman–Crippen LogP) is -0.269. The van der Waals surface area contributed by atoms with Crippen LogP contribution in [0.5, 0.6) is 11.5 Å². The molecule has 3 rings (SSSR count). The second kappa shape index (κ2) is 5.48. The summed E-state index contributed by atoms with van der Waals surface area (Å²) in [5.74, 6) is -1.86. The van der Waals surface area contributed by atoms with E-state index in [0.717, 1.165) is 0 Å². The number of hydrogen-bond acceptors (Lipinski definition) is 10. The van der Waals surface area contributed by atoms with Crippen molar-refractivity contribution in [2.24, 2.45) is 0 Å². The first-order chi connectivity index (χ1) is 11.1. The number of carbonyl (C=O) groups is 2. The maximum Gasteiger partial charge on any atom is 0.344 e. The second-order valence-electron chi connectivity index (χ2n) is 4.44. The van der Waals surface area contributed by atoms with Crippen molar-refractivity contribution < 1.29 is 33.5 Å². The van der Waals surface area contributed by atoms with Crippen LogP contribution in [0.25, 0.3) is 0 Å². The van der Waals surface area contributed by atoms with Crippen LogP contribution in [0.2, 0.25) is 0 Å². The van der Waals surface area contributed by atoms with Gasteiger partial charge < -0.3 is 29.4 Å². The van der Waals surface area contributed by atoms with E-state index in [1.54, 1.807) is 12.1 Å². The fourth-order valence-corrected chi connectivity index (χ4v) is 2.25. The van der Waals surface area contributed by atoms with Crippen LogP contribution < -0.4 is 19.9 Å². The average molecular weight is 320 g/mol. The van der Waals surface area contributed by atoms with E-state index >= 15 is 0 Å². The van der Waals surface area contributed by atoms with Crippen LogP contribution in [0.3, 0.4) is 0 Å². The van der Waals surface area contributed by atoms with Gasteiger partial charge >= 0.3 is 5.97 Å². The molecule has 0 saturated heterocycles. The van der Waals surface area contributed by atoms with Gasteiger partial charge in [-0.2, -0.15) is 0 Å². The second-order valence-corrected chi connectivity index (χ2v) is 4.44. The number of benzene rings is 1. The Morgan fingerprint density at radius 3 is 2.74 bits per heavy atom. The quantitative estimate of drug-likeness (QED) is 0.733. The van der Waals surface area contributed by atoms with Crippen molar-refractivity contribution in [3.05, 3.63) is 29.0 Å². The highest BCUT2D eigenvalue weighted by Crippen LogP contribution is 2.42. The first kappa shape index (κ1) is 14.6. The van der Waals surface area contributed by atoms with E-state index in [-0.39, 0.29) is 17.1 Å². The van der Waals surface area contributed by atoms with Gasteiger partial charge in [-0.15, -0.1) is 0 Å². The molecule has 2 aromatic rings. The first-order valence-corrected chi connectivity index (χ1v) is 6.33. The molecule has 10 nitrogen and oxygen atoms in total. The molecule has 0 spiro atoms. The number of rotatable bonds is 5. The number of anilines is 1. The van der Waals surface area contributed by atoms with E-state index < -0.39 is 23.9 Å². The summed E-state index contributed by atoms with van der Waals surface area (Å²) in [5.41, 5.74) is 0.0747. The van der Waals surface area contributed by atoms with E-state index in [0.29, 0.717) is 11.3 Å². The van der Waals surface area contributed by atoms with Gasteiger partial charge in [0.05, 0.1) is 20.2 Å². The number of carbonyl (C=O) groups excluding carboxylic acids is 2. The molecule has 10 heteroatoms. The van der Waals surface area contributed by atoms with Gasteiger partial charge in [0.1, 0.15) is 5.56 Å². The highest BCUT2D eigenvalue weighted by atomic mass is 16.6. The largest absolute Gasteiger partial charge is 0.543 e. The highest BCUT2D eigenvalue weighted by molar-refractivity contribution is 5.98. The summed E-state index contributed by atoms with van der Waals surface area (Å²) in [4.78, 5) is 23.0. The van der Waals surface area contributed by atoms with Crippen LogP contribution in [-0.4, -0.2) is 36.5 Å². The lowest BCUT2D eigenvalue weighted by Gasteiger charge is -2.13. The molecule has 0 amide bonds. The molecule has 23 heavy (non-hydrogen) atoms. The number of aromatic carboxylic acids is 1. The third-order valence-corrected chi connectivity index (χ3v) is 3.24. The molecular weight excluding hydrogens is 310 g/mol. The molecule has 1 atom stereocenters. The lowest BCUT2D eigenvalue weighted by molar-refractivity contribution is -0.255. The summed E-state index contributed by atoms with van der Waals surface area (Å²) >= 11 is 0. The molecule has 0 fully saturated rings. The van der Waals surface area contributed by atoms with Gasteiger partial charge in [0.15, 0.2) is 17.2 Å². The van der Waals surface area contributed by atoms with E-state index in [2.05, 4.69) is 20.3 Å². The molecule has 0 saturated carbocycles. The van der Waals surface area contributed by atoms with E-state index in [9.17, 15) is 14.7 Å². The van der Waals surface area contributed by atoms with Crippen molar-refractivity contribution in [2.45, 2.75) is 6.23 Å². The number of nitrogens with one attached hydrogen (secondary N) is 1. The van der Waals surface area contributed by atoms with Gasteiger partial charge in [-0.05, 0) is 22.4 Å². The Kier molecular flexibility index (Phi) is 3.48. The van der Waals surface area contributed by atoms with Crippen molar-refractivity contribution in [3.8, 4) is 11.5 Å². The Morgan fingerprint density at radius 1 is 1.30 bits per heavy atom. The summed E-state index contributed by atoms with van der Waals surface area (Å²) in [6.45, 7) is 0. The van der Waals surface area contributed by atoms with Crippen molar-refractivity contribution in [1.29, 1.82) is 0 Å². The Bertz CT molecular complexity index is 786. The third kappa shape index (κ3) is 2.29. The minimum Gasteiger partial charge on any atom is -0.543 e. The van der Waals surface area contributed by atoms with Crippen LogP contribution in [0.4, 0.5) is 5.82 Å². The van der Waals surface area contributed by atoms with Crippen LogP contribution in [0, 0.1) is 0 Å². The van der Waals surface area contributed by atoms with Gasteiger partial charge in [-0.25, -0.2) is 9.42 Å². The monoisotopic (exact) mass is 320 g/mol. The molecule has 1 aliphatic rings. The molecule has 1 aromatic heterocycles. The summed E-state index contributed by atoms with van der Waals surface area (Å²) in [5, 5.41) is 20.1. The van der Waals surface area contributed by atoms with Gasteiger partial charge in [-0.1, -0.05) is 0 Å². The number of cyclic esters (lactones) is 1. The fraction of sp³-hybridized carbons (Fsp3) is 0.231. The minimum absolute atomic E-state index is 0.177. The number of carboxylic acid groups (broad SMARTS) is 1. The van der Waals surface area contributed by atoms with E-state index in [4.69, 9.17) is 14.2 Å². The van der Waals surface area contributed by atoms with Gasteiger partial charge in [0.25, 0.3) is 0 Å². The Hall–Kier alpha value is -3.30. The topological polar surface area (TPSA) is 136 Å². The summed E-state index contributed by atoms with van der Waals surface area (Å²) < 4.78 is 19.8. The molecule has 120 valence electrons. The van der Waals surface area contributed by atoms with Crippen LogP contribution >= 0.6 is 0 Å². The maximum atomic E-state index is 12.1. The maximum absolute atomic E-state index is 12.1. The predicted molar refractivity (Wildman–Crippen MR) is 70.0 cm³/mol. The van der Waals surface area contributed by atoms with Crippen molar-refractivity contribution in [2.75, 3.05) is 19.5 Å². The zero-order valence-corrected chi connectivity index (χ0v) is 12.0. The third-order valence-electron chi connectivity index (χ3n) is 3.24. The van der Waals surface area contributed by atoms with Crippen molar-refractivity contribution in [3.63, 3.8) is 0 Å². The molecule has 1 aromatic carbocycles. The molecule has 2 heterocycles. The molecule has 0 aliphatic carbocycles. The van der Waals surface area contributed by atoms with Gasteiger partial charge in [0, 0.05) is 5.56 Å². The number of ether oxygens (including phenoxy) is 3. The minimum atomic E-state index is -1.58. The zero-order valence-electron chi connectivity index (χ0n) is 12.0.